The first-order chi connectivity index (χ1) is 13.6. The average molecular weight is 375 g/mol. The molecule has 6 nitrogen and oxygen atoms in total. The summed E-state index contributed by atoms with van der Waals surface area (Å²) in [6, 6.07) is 15.4. The second-order valence-electron chi connectivity index (χ2n) is 6.74. The zero-order valence-corrected chi connectivity index (χ0v) is 15.8. The Morgan fingerprint density at radius 3 is 2.75 bits per heavy atom. The van der Waals surface area contributed by atoms with E-state index in [4.69, 9.17) is 9.47 Å². The molecule has 0 bridgehead atoms. The molecule has 0 aliphatic carbocycles. The maximum atomic E-state index is 12.5. The number of rotatable bonds is 5. The molecule has 0 saturated heterocycles. The molecule has 28 heavy (non-hydrogen) atoms. The summed E-state index contributed by atoms with van der Waals surface area (Å²) in [5.74, 6) is 1.19. The minimum atomic E-state index is -0.234. The van der Waals surface area contributed by atoms with Crippen molar-refractivity contribution in [3.63, 3.8) is 0 Å². The van der Waals surface area contributed by atoms with Crippen LogP contribution in [0.5, 0.6) is 11.5 Å². The number of amides is 1. The third kappa shape index (κ3) is 3.91. The molecular weight excluding hydrogens is 354 g/mol. The molecular formula is C22H21N3O3. The molecule has 142 valence electrons. The van der Waals surface area contributed by atoms with E-state index in [1.165, 1.54) is 5.56 Å². The van der Waals surface area contributed by atoms with Gasteiger partial charge in [0.25, 0.3) is 5.91 Å². The number of ether oxygens (including phenoxy) is 2. The fraction of sp³-hybridized carbons (Fsp3) is 0.182. The topological polar surface area (TPSA) is 72.5 Å². The standard InChI is InChI=1S/C22H21N3O3/c1-14-3-5-18(15(2)9-14)25-17-7-8-23-19(11-17)22(26)24-12-16-4-6-20-21(10-16)28-13-27-20/h3-11H,12-13H2,1-2H3,(H,23,25)(H,24,26). The number of hydrogen-bond acceptors (Lipinski definition) is 5. The lowest BCUT2D eigenvalue weighted by Crippen LogP contribution is -2.23. The van der Waals surface area contributed by atoms with Gasteiger partial charge in [-0.05, 0) is 55.3 Å². The highest BCUT2D eigenvalue weighted by molar-refractivity contribution is 5.93. The second kappa shape index (κ2) is 7.60. The molecule has 2 aromatic carbocycles. The number of hydrogen-bond donors (Lipinski definition) is 2. The van der Waals surface area contributed by atoms with Crippen LogP contribution in [0.1, 0.15) is 27.2 Å². The Bertz CT molecular complexity index is 1030. The Morgan fingerprint density at radius 2 is 1.89 bits per heavy atom. The lowest BCUT2D eigenvalue weighted by Gasteiger charge is -2.11. The Kier molecular flexibility index (Phi) is 4.85. The second-order valence-corrected chi connectivity index (χ2v) is 6.74. The molecule has 0 fully saturated rings. The Labute approximate surface area is 163 Å². The van der Waals surface area contributed by atoms with E-state index in [0.29, 0.717) is 18.0 Å². The predicted molar refractivity (Wildman–Crippen MR) is 107 cm³/mol. The fourth-order valence-corrected chi connectivity index (χ4v) is 3.07. The summed E-state index contributed by atoms with van der Waals surface area (Å²) >= 11 is 0. The van der Waals surface area contributed by atoms with Gasteiger partial charge in [-0.15, -0.1) is 0 Å². The van der Waals surface area contributed by atoms with Crippen molar-refractivity contribution in [2.45, 2.75) is 20.4 Å². The van der Waals surface area contributed by atoms with Crippen LogP contribution in [0, 0.1) is 13.8 Å². The van der Waals surface area contributed by atoms with E-state index >= 15 is 0 Å². The van der Waals surface area contributed by atoms with Crippen LogP contribution in [0.3, 0.4) is 0 Å². The van der Waals surface area contributed by atoms with Crippen LogP contribution in [-0.4, -0.2) is 17.7 Å². The van der Waals surface area contributed by atoms with E-state index in [-0.39, 0.29) is 12.7 Å². The van der Waals surface area contributed by atoms with Gasteiger partial charge < -0.3 is 20.1 Å². The number of anilines is 2. The summed E-state index contributed by atoms with van der Waals surface area (Å²) in [5, 5.41) is 6.24. The van der Waals surface area contributed by atoms with E-state index in [2.05, 4.69) is 41.6 Å². The highest BCUT2D eigenvalue weighted by Crippen LogP contribution is 2.32. The maximum absolute atomic E-state index is 12.5. The predicted octanol–water partition coefficient (Wildman–Crippen LogP) is 4.10. The first-order valence-electron chi connectivity index (χ1n) is 9.05. The van der Waals surface area contributed by atoms with Gasteiger partial charge in [-0.3, -0.25) is 9.78 Å². The van der Waals surface area contributed by atoms with E-state index in [1.54, 1.807) is 12.3 Å². The van der Waals surface area contributed by atoms with Crippen molar-refractivity contribution in [1.82, 2.24) is 10.3 Å². The highest BCUT2D eigenvalue weighted by Gasteiger charge is 2.14. The molecule has 0 atom stereocenters. The van der Waals surface area contributed by atoms with Gasteiger partial charge in [0.1, 0.15) is 5.69 Å². The van der Waals surface area contributed by atoms with Crippen LogP contribution in [0.15, 0.2) is 54.7 Å². The zero-order chi connectivity index (χ0) is 19.5. The van der Waals surface area contributed by atoms with Gasteiger partial charge in [0, 0.05) is 24.1 Å². The molecule has 0 unspecified atom stereocenters. The SMILES string of the molecule is Cc1ccc(Nc2ccnc(C(=O)NCc3ccc4c(c3)OCO4)c2)c(C)c1. The highest BCUT2D eigenvalue weighted by atomic mass is 16.7. The van der Waals surface area contributed by atoms with Gasteiger partial charge in [0.15, 0.2) is 11.5 Å². The normalized spacial score (nSPS) is 11.9. The lowest BCUT2D eigenvalue weighted by atomic mass is 10.1. The van der Waals surface area contributed by atoms with E-state index < -0.39 is 0 Å². The van der Waals surface area contributed by atoms with Crippen LogP contribution < -0.4 is 20.1 Å². The first kappa shape index (κ1) is 17.9. The first-order valence-corrected chi connectivity index (χ1v) is 9.05. The number of benzene rings is 2. The van der Waals surface area contributed by atoms with Crippen molar-refractivity contribution >= 4 is 17.3 Å². The number of pyridine rings is 1. The summed E-state index contributed by atoms with van der Waals surface area (Å²) in [5.41, 5.74) is 5.46. The summed E-state index contributed by atoms with van der Waals surface area (Å²) in [6.07, 6.45) is 1.63. The molecule has 3 aromatic rings. The zero-order valence-electron chi connectivity index (χ0n) is 15.8. The van der Waals surface area contributed by atoms with Crippen molar-refractivity contribution in [2.75, 3.05) is 12.1 Å². The number of carbonyl (C=O) groups is 1. The summed E-state index contributed by atoms with van der Waals surface area (Å²) in [7, 11) is 0. The molecule has 2 heterocycles. The lowest BCUT2D eigenvalue weighted by molar-refractivity contribution is 0.0946. The number of aromatic nitrogens is 1. The molecule has 1 aliphatic heterocycles. The third-order valence-electron chi connectivity index (χ3n) is 4.54. The minimum Gasteiger partial charge on any atom is -0.454 e. The van der Waals surface area contributed by atoms with Gasteiger partial charge in [0.2, 0.25) is 6.79 Å². The summed E-state index contributed by atoms with van der Waals surface area (Å²) < 4.78 is 10.7. The summed E-state index contributed by atoms with van der Waals surface area (Å²) in [6.45, 7) is 4.72. The van der Waals surface area contributed by atoms with Gasteiger partial charge in [0.05, 0.1) is 0 Å². The average Bonchev–Trinajstić information content (AvgIpc) is 3.16. The number of carbonyl (C=O) groups excluding carboxylic acids is 1. The molecule has 2 N–H and O–H groups in total. The van der Waals surface area contributed by atoms with Crippen molar-refractivity contribution in [3.8, 4) is 11.5 Å². The Balaban J connectivity index is 1.42. The molecule has 1 amide bonds. The molecule has 0 radical (unpaired) electrons. The van der Waals surface area contributed by atoms with Crippen LogP contribution >= 0.6 is 0 Å². The van der Waals surface area contributed by atoms with Gasteiger partial charge in [-0.2, -0.15) is 0 Å². The summed E-state index contributed by atoms with van der Waals surface area (Å²) in [4.78, 5) is 16.7. The fourth-order valence-electron chi connectivity index (χ4n) is 3.07. The number of fused-ring (bicyclic) bond motifs is 1. The Morgan fingerprint density at radius 1 is 1.04 bits per heavy atom. The van der Waals surface area contributed by atoms with E-state index in [0.717, 1.165) is 28.3 Å². The smallest absolute Gasteiger partial charge is 0.270 e. The number of nitrogens with zero attached hydrogens (tertiary/aromatic N) is 1. The van der Waals surface area contributed by atoms with Gasteiger partial charge >= 0.3 is 0 Å². The molecule has 1 aromatic heterocycles. The van der Waals surface area contributed by atoms with Crippen LogP contribution in [-0.2, 0) is 6.54 Å². The maximum Gasteiger partial charge on any atom is 0.270 e. The van der Waals surface area contributed by atoms with Crippen LogP contribution in [0.4, 0.5) is 11.4 Å². The number of nitrogens with one attached hydrogen (secondary N) is 2. The Hall–Kier alpha value is -3.54. The van der Waals surface area contributed by atoms with Gasteiger partial charge in [-0.1, -0.05) is 23.8 Å². The molecule has 0 saturated carbocycles. The molecule has 0 spiro atoms. The van der Waals surface area contributed by atoms with Crippen molar-refractivity contribution in [2.24, 2.45) is 0 Å². The molecule has 4 rings (SSSR count). The van der Waals surface area contributed by atoms with Crippen LogP contribution in [0.2, 0.25) is 0 Å². The van der Waals surface area contributed by atoms with E-state index in [9.17, 15) is 4.79 Å². The van der Waals surface area contributed by atoms with Crippen LogP contribution in [0.25, 0.3) is 0 Å². The largest absolute Gasteiger partial charge is 0.454 e. The van der Waals surface area contributed by atoms with Gasteiger partial charge in [-0.25, -0.2) is 0 Å². The van der Waals surface area contributed by atoms with Crippen molar-refractivity contribution in [1.29, 1.82) is 0 Å². The molecule has 6 heteroatoms. The van der Waals surface area contributed by atoms with Crippen molar-refractivity contribution < 1.29 is 14.3 Å². The van der Waals surface area contributed by atoms with Crippen molar-refractivity contribution in [3.05, 3.63) is 77.1 Å². The van der Waals surface area contributed by atoms with E-state index in [1.807, 2.05) is 30.3 Å². The monoisotopic (exact) mass is 375 g/mol. The molecule has 1 aliphatic rings. The minimum absolute atomic E-state index is 0.231. The third-order valence-corrected chi connectivity index (χ3v) is 4.54. The number of aryl methyl sites for hydroxylation is 2. The quantitative estimate of drug-likeness (QED) is 0.702.